The molecule has 3 aromatic rings. The van der Waals surface area contributed by atoms with Gasteiger partial charge in [0.25, 0.3) is 5.91 Å². The van der Waals surface area contributed by atoms with Gasteiger partial charge in [0.05, 0.1) is 11.3 Å². The average molecular weight is 305 g/mol. The smallest absolute Gasteiger partial charge is 0.320 e. The van der Waals surface area contributed by atoms with E-state index in [-0.39, 0.29) is 11.4 Å². The summed E-state index contributed by atoms with van der Waals surface area (Å²) in [5.74, 6) is -0.639. The predicted molar refractivity (Wildman–Crippen MR) is 74.6 cm³/mol. The molecular formula is C15H10F3N3O. The first-order chi connectivity index (χ1) is 10.5. The lowest BCUT2D eigenvalue weighted by Gasteiger charge is -2.14. The molecule has 0 bridgehead atoms. The van der Waals surface area contributed by atoms with Crippen LogP contribution in [0.5, 0.6) is 0 Å². The highest BCUT2D eigenvalue weighted by molar-refractivity contribution is 6.03. The van der Waals surface area contributed by atoms with Crippen LogP contribution in [0.15, 0.2) is 54.9 Å². The lowest BCUT2D eigenvalue weighted by Crippen LogP contribution is -2.18. The summed E-state index contributed by atoms with van der Waals surface area (Å²) >= 11 is 0. The highest BCUT2D eigenvalue weighted by Gasteiger charge is 2.33. The summed E-state index contributed by atoms with van der Waals surface area (Å²) in [5, 5.41) is 2.31. The van der Waals surface area contributed by atoms with E-state index in [9.17, 15) is 18.0 Å². The summed E-state index contributed by atoms with van der Waals surface area (Å²) in [6, 6.07) is 9.67. The fourth-order valence-electron chi connectivity index (χ4n) is 2.16. The summed E-state index contributed by atoms with van der Waals surface area (Å²) in [7, 11) is 0. The van der Waals surface area contributed by atoms with Crippen LogP contribution in [0.4, 0.5) is 18.9 Å². The zero-order chi connectivity index (χ0) is 15.7. The summed E-state index contributed by atoms with van der Waals surface area (Å²) in [5.41, 5.74) is -0.429. The van der Waals surface area contributed by atoms with Crippen LogP contribution < -0.4 is 5.32 Å². The average Bonchev–Trinajstić information content (AvgIpc) is 2.94. The second-order valence-electron chi connectivity index (χ2n) is 4.56. The molecule has 0 saturated carbocycles. The minimum absolute atomic E-state index is 0.201. The molecular weight excluding hydrogens is 295 g/mol. The van der Waals surface area contributed by atoms with Crippen LogP contribution in [0.3, 0.4) is 0 Å². The summed E-state index contributed by atoms with van der Waals surface area (Å²) in [6.07, 6.45) is -1.46. The number of aromatic nitrogens is 2. The van der Waals surface area contributed by atoms with Gasteiger partial charge in [-0.2, -0.15) is 13.2 Å². The molecule has 3 rings (SSSR count). The number of hydrogen-bond donors (Lipinski definition) is 1. The Bertz CT molecular complexity index is 839. The third-order valence-corrected chi connectivity index (χ3v) is 3.14. The number of hydrogen-bond acceptors (Lipinski definition) is 2. The molecule has 112 valence electrons. The van der Waals surface area contributed by atoms with Crippen LogP contribution in [0.25, 0.3) is 5.65 Å². The van der Waals surface area contributed by atoms with E-state index < -0.39 is 17.6 Å². The SMILES string of the molecule is O=C(Nc1ccccc1C(F)(F)F)c1cccc2nccn12. The van der Waals surface area contributed by atoms with Crippen molar-refractivity contribution in [2.45, 2.75) is 6.18 Å². The maximum absolute atomic E-state index is 12.9. The Labute approximate surface area is 123 Å². The lowest BCUT2D eigenvalue weighted by molar-refractivity contribution is -0.136. The Morgan fingerprint density at radius 1 is 1.09 bits per heavy atom. The molecule has 0 atom stereocenters. The van der Waals surface area contributed by atoms with Crippen LogP contribution in [0.1, 0.15) is 16.1 Å². The minimum Gasteiger partial charge on any atom is -0.320 e. The third kappa shape index (κ3) is 2.52. The topological polar surface area (TPSA) is 46.4 Å². The number of anilines is 1. The van der Waals surface area contributed by atoms with Crippen molar-refractivity contribution in [1.82, 2.24) is 9.38 Å². The highest BCUT2D eigenvalue weighted by atomic mass is 19.4. The summed E-state index contributed by atoms with van der Waals surface area (Å²) in [6.45, 7) is 0. The largest absolute Gasteiger partial charge is 0.418 e. The fourth-order valence-corrected chi connectivity index (χ4v) is 2.16. The van der Waals surface area contributed by atoms with Crippen LogP contribution >= 0.6 is 0 Å². The van der Waals surface area contributed by atoms with Crippen LogP contribution in [0.2, 0.25) is 0 Å². The van der Waals surface area contributed by atoms with Crippen molar-refractivity contribution in [1.29, 1.82) is 0 Å². The Balaban J connectivity index is 1.97. The lowest BCUT2D eigenvalue weighted by atomic mass is 10.1. The zero-order valence-corrected chi connectivity index (χ0v) is 11.1. The number of nitrogens with zero attached hydrogens (tertiary/aromatic N) is 2. The molecule has 22 heavy (non-hydrogen) atoms. The minimum atomic E-state index is -4.54. The number of carbonyl (C=O) groups excluding carboxylic acids is 1. The van der Waals surface area contributed by atoms with Crippen molar-refractivity contribution in [2.24, 2.45) is 0 Å². The molecule has 1 amide bonds. The molecule has 0 radical (unpaired) electrons. The molecule has 0 aliphatic rings. The first-order valence-electron chi connectivity index (χ1n) is 6.36. The summed E-state index contributed by atoms with van der Waals surface area (Å²) < 4.78 is 40.3. The van der Waals surface area contributed by atoms with E-state index in [0.29, 0.717) is 5.65 Å². The number of pyridine rings is 1. The van der Waals surface area contributed by atoms with Crippen LogP contribution in [0, 0.1) is 0 Å². The molecule has 0 spiro atoms. The highest BCUT2D eigenvalue weighted by Crippen LogP contribution is 2.34. The van der Waals surface area contributed by atoms with E-state index in [0.717, 1.165) is 6.07 Å². The van der Waals surface area contributed by atoms with Crippen molar-refractivity contribution in [3.8, 4) is 0 Å². The number of alkyl halides is 3. The molecule has 0 saturated heterocycles. The first-order valence-corrected chi connectivity index (χ1v) is 6.36. The van der Waals surface area contributed by atoms with Crippen molar-refractivity contribution >= 4 is 17.2 Å². The van der Waals surface area contributed by atoms with Gasteiger partial charge >= 0.3 is 6.18 Å². The van der Waals surface area contributed by atoms with Crippen molar-refractivity contribution < 1.29 is 18.0 Å². The maximum atomic E-state index is 12.9. The van der Waals surface area contributed by atoms with Gasteiger partial charge in [-0.1, -0.05) is 18.2 Å². The molecule has 0 aliphatic carbocycles. The summed E-state index contributed by atoms with van der Waals surface area (Å²) in [4.78, 5) is 16.3. The standard InChI is InChI=1S/C15H10F3N3O/c16-15(17,18)10-4-1-2-5-11(10)20-14(22)12-6-3-7-13-19-8-9-21(12)13/h1-9H,(H,20,22). The number of rotatable bonds is 2. The monoisotopic (exact) mass is 305 g/mol. The number of benzene rings is 1. The Morgan fingerprint density at radius 3 is 2.64 bits per heavy atom. The molecule has 0 fully saturated rings. The second kappa shape index (κ2) is 5.18. The number of amides is 1. The van der Waals surface area contributed by atoms with E-state index in [1.54, 1.807) is 18.3 Å². The molecule has 0 aliphatic heterocycles. The van der Waals surface area contributed by atoms with Gasteiger partial charge in [-0.3, -0.25) is 9.20 Å². The Morgan fingerprint density at radius 2 is 1.86 bits per heavy atom. The second-order valence-corrected chi connectivity index (χ2v) is 4.56. The van der Waals surface area contributed by atoms with E-state index in [2.05, 4.69) is 10.3 Å². The van der Waals surface area contributed by atoms with Gasteiger partial charge < -0.3 is 5.32 Å². The van der Waals surface area contributed by atoms with E-state index >= 15 is 0 Å². The number of para-hydroxylation sites is 1. The number of imidazole rings is 1. The van der Waals surface area contributed by atoms with Gasteiger partial charge in [0, 0.05) is 12.4 Å². The molecule has 2 aromatic heterocycles. The van der Waals surface area contributed by atoms with Gasteiger partial charge in [0.1, 0.15) is 11.3 Å². The van der Waals surface area contributed by atoms with Crippen LogP contribution in [-0.4, -0.2) is 15.3 Å². The van der Waals surface area contributed by atoms with E-state index in [4.69, 9.17) is 0 Å². The van der Waals surface area contributed by atoms with Crippen LogP contribution in [-0.2, 0) is 6.18 Å². The number of fused-ring (bicyclic) bond motifs is 1. The maximum Gasteiger partial charge on any atom is 0.418 e. The van der Waals surface area contributed by atoms with Crippen molar-refractivity contribution in [2.75, 3.05) is 5.32 Å². The van der Waals surface area contributed by atoms with E-state index in [1.165, 1.54) is 34.9 Å². The third-order valence-electron chi connectivity index (χ3n) is 3.14. The van der Waals surface area contributed by atoms with Gasteiger partial charge in [-0.25, -0.2) is 4.98 Å². The molecule has 1 aromatic carbocycles. The number of halogens is 3. The van der Waals surface area contributed by atoms with Gasteiger partial charge in [0.2, 0.25) is 0 Å². The number of carbonyl (C=O) groups is 1. The van der Waals surface area contributed by atoms with Gasteiger partial charge in [-0.15, -0.1) is 0 Å². The molecule has 1 N–H and O–H groups in total. The fraction of sp³-hybridized carbons (Fsp3) is 0.0667. The van der Waals surface area contributed by atoms with Crippen molar-refractivity contribution in [3.63, 3.8) is 0 Å². The van der Waals surface area contributed by atoms with E-state index in [1.807, 2.05) is 0 Å². The van der Waals surface area contributed by atoms with Gasteiger partial charge in [-0.05, 0) is 24.3 Å². The van der Waals surface area contributed by atoms with Crippen molar-refractivity contribution in [3.05, 3.63) is 66.1 Å². The number of nitrogens with one attached hydrogen (secondary N) is 1. The van der Waals surface area contributed by atoms with Gasteiger partial charge in [0.15, 0.2) is 0 Å². The quantitative estimate of drug-likeness (QED) is 0.786. The Hall–Kier alpha value is -2.83. The zero-order valence-electron chi connectivity index (χ0n) is 11.1. The predicted octanol–water partition coefficient (Wildman–Crippen LogP) is 3.61. The molecule has 4 nitrogen and oxygen atoms in total. The normalized spacial score (nSPS) is 11.6. The molecule has 0 unspecified atom stereocenters. The first kappa shape index (κ1) is 14.1. The molecule has 7 heteroatoms. The molecule has 2 heterocycles. The Kier molecular flexibility index (Phi) is 3.32.